The van der Waals surface area contributed by atoms with E-state index in [-0.39, 0.29) is 6.61 Å². The minimum absolute atomic E-state index is 0.212. The summed E-state index contributed by atoms with van der Waals surface area (Å²) in [5, 5.41) is 8.27. The second-order valence-corrected chi connectivity index (χ2v) is 9.03. The highest BCUT2D eigenvalue weighted by molar-refractivity contribution is 9.10. The number of hydrogen-bond donors (Lipinski definition) is 2. The molecule has 0 bridgehead atoms. The number of benzene rings is 3. The first-order valence-electron chi connectivity index (χ1n) is 9.86. The second-order valence-electron chi connectivity index (χ2n) is 6.97. The van der Waals surface area contributed by atoms with Crippen molar-refractivity contribution < 1.29 is 9.47 Å². The van der Waals surface area contributed by atoms with Gasteiger partial charge in [-0.2, -0.15) is 5.10 Å². The molecule has 6 nitrogen and oxygen atoms in total. The van der Waals surface area contributed by atoms with Gasteiger partial charge in [0.15, 0.2) is 17.3 Å². The smallest absolute Gasteiger partial charge is 0.214 e. The van der Waals surface area contributed by atoms with Crippen LogP contribution in [0.4, 0.5) is 0 Å². The summed E-state index contributed by atoms with van der Waals surface area (Å²) < 4.78 is 14.6. The van der Waals surface area contributed by atoms with Gasteiger partial charge in [-0.15, -0.1) is 0 Å². The van der Waals surface area contributed by atoms with Crippen molar-refractivity contribution in [3.05, 3.63) is 91.1 Å². The number of hydrogen-bond acceptors (Lipinski definition) is 5. The van der Waals surface area contributed by atoms with Gasteiger partial charge in [0.1, 0.15) is 6.61 Å². The summed E-state index contributed by atoms with van der Waals surface area (Å²) in [6.07, 6.45) is 0. The maximum atomic E-state index is 6.25. The number of nitrogens with zero attached hydrogens (tertiary/aromatic N) is 2. The summed E-state index contributed by atoms with van der Waals surface area (Å²) in [5.41, 5.74) is 5.92. The van der Waals surface area contributed by atoms with Crippen LogP contribution in [0.15, 0.2) is 65.1 Å². The molecule has 0 aliphatic rings. The topological polar surface area (TPSA) is 64.1 Å². The molecule has 0 saturated carbocycles. The fourth-order valence-corrected chi connectivity index (χ4v) is 4.36. The molecule has 0 amide bonds. The van der Waals surface area contributed by atoms with Crippen molar-refractivity contribution in [2.45, 2.75) is 13.2 Å². The summed E-state index contributed by atoms with van der Waals surface area (Å²) in [7, 11) is 1.59. The molecule has 0 aliphatic carbocycles. The predicted octanol–water partition coefficient (Wildman–Crippen LogP) is 7.01. The molecule has 0 unspecified atom stereocenters. The fraction of sp³-hybridized carbons (Fsp3) is 0.130. The van der Waals surface area contributed by atoms with E-state index < -0.39 is 0 Å². The van der Waals surface area contributed by atoms with Gasteiger partial charge < -0.3 is 14.9 Å². The Labute approximate surface area is 214 Å². The highest BCUT2D eigenvalue weighted by Gasteiger charge is 2.14. The average molecular weight is 566 g/mol. The first kappa shape index (κ1) is 23.6. The largest absolute Gasteiger partial charge is 0.493 e. The van der Waals surface area contributed by atoms with Gasteiger partial charge in [-0.3, -0.25) is 0 Å². The summed E-state index contributed by atoms with van der Waals surface area (Å²) in [6, 6.07) is 18.9. The number of methoxy groups -OCH3 is 1. The molecule has 0 saturated heterocycles. The number of rotatable bonds is 8. The maximum Gasteiger partial charge on any atom is 0.214 e. The van der Waals surface area contributed by atoms with Crippen LogP contribution in [0, 0.1) is 4.77 Å². The van der Waals surface area contributed by atoms with Crippen LogP contribution in [-0.2, 0) is 13.2 Å². The Morgan fingerprint density at radius 1 is 1.06 bits per heavy atom. The molecule has 0 spiro atoms. The average Bonchev–Trinajstić information content (AvgIpc) is 3.19. The van der Waals surface area contributed by atoms with Gasteiger partial charge in [-0.25, -0.2) is 9.77 Å². The normalized spacial score (nSPS) is 10.8. The Balaban J connectivity index is 1.54. The van der Waals surface area contributed by atoms with Crippen molar-refractivity contribution in [1.82, 2.24) is 14.9 Å². The minimum atomic E-state index is 0.212. The van der Waals surface area contributed by atoms with E-state index in [0.29, 0.717) is 44.2 Å². The monoisotopic (exact) mass is 564 g/mol. The first-order valence-corrected chi connectivity index (χ1v) is 11.8. The molecule has 0 atom stereocenters. The molecule has 0 fully saturated rings. The van der Waals surface area contributed by atoms with E-state index in [2.05, 4.69) is 31.6 Å². The van der Waals surface area contributed by atoms with Crippen molar-refractivity contribution >= 4 is 51.3 Å². The Morgan fingerprint density at radius 3 is 2.48 bits per heavy atom. The van der Waals surface area contributed by atoms with E-state index in [4.69, 9.17) is 44.9 Å². The lowest BCUT2D eigenvalue weighted by Gasteiger charge is -2.16. The Hall–Kier alpha value is -2.52. The van der Waals surface area contributed by atoms with Gasteiger partial charge in [0.05, 0.1) is 13.7 Å². The van der Waals surface area contributed by atoms with Crippen LogP contribution in [0.1, 0.15) is 11.1 Å². The van der Waals surface area contributed by atoms with E-state index in [1.165, 1.54) is 0 Å². The summed E-state index contributed by atoms with van der Waals surface area (Å²) in [5.74, 6) is 1.84. The number of halogens is 3. The zero-order valence-corrected chi connectivity index (χ0v) is 21.4. The highest BCUT2D eigenvalue weighted by atomic mass is 79.9. The van der Waals surface area contributed by atoms with Gasteiger partial charge in [-0.1, -0.05) is 75.5 Å². The van der Waals surface area contributed by atoms with E-state index in [1.807, 2.05) is 42.5 Å². The first-order chi connectivity index (χ1) is 16.0. The molecule has 4 rings (SSSR count). The lowest BCUT2D eigenvalue weighted by molar-refractivity contribution is 0.284. The van der Waals surface area contributed by atoms with Crippen LogP contribution in [0.2, 0.25) is 10.0 Å². The third kappa shape index (κ3) is 5.35. The van der Waals surface area contributed by atoms with Crippen LogP contribution >= 0.6 is 51.3 Å². The van der Waals surface area contributed by atoms with Crippen molar-refractivity contribution in [2.75, 3.05) is 12.5 Å². The van der Waals surface area contributed by atoms with Crippen molar-refractivity contribution in [3.63, 3.8) is 0 Å². The van der Waals surface area contributed by atoms with Crippen LogP contribution in [-0.4, -0.2) is 22.0 Å². The molecule has 1 heterocycles. The molecule has 4 aromatic rings. The van der Waals surface area contributed by atoms with E-state index in [9.17, 15) is 0 Å². The van der Waals surface area contributed by atoms with Crippen LogP contribution in [0.25, 0.3) is 11.4 Å². The van der Waals surface area contributed by atoms with Crippen LogP contribution < -0.4 is 14.9 Å². The molecule has 33 heavy (non-hydrogen) atoms. The maximum absolute atomic E-state index is 6.25. The van der Waals surface area contributed by atoms with E-state index >= 15 is 0 Å². The van der Waals surface area contributed by atoms with Crippen molar-refractivity contribution in [3.8, 4) is 22.9 Å². The second kappa shape index (κ2) is 10.6. The number of aromatic nitrogens is 3. The molecular weight excluding hydrogens is 547 g/mol. The Morgan fingerprint density at radius 2 is 1.79 bits per heavy atom. The zero-order valence-electron chi connectivity index (χ0n) is 17.4. The SMILES string of the molecule is COc1cc(CNn2c(-c3ccccc3)n[nH]c2=S)c(Br)cc1OCc1c(Cl)cccc1Cl. The minimum Gasteiger partial charge on any atom is -0.493 e. The van der Waals surface area contributed by atoms with E-state index in [0.717, 1.165) is 15.6 Å². The third-order valence-corrected chi connectivity index (χ3v) is 6.62. The molecule has 1 aromatic heterocycles. The highest BCUT2D eigenvalue weighted by Crippen LogP contribution is 2.35. The van der Waals surface area contributed by atoms with Gasteiger partial charge in [-0.05, 0) is 42.0 Å². The zero-order chi connectivity index (χ0) is 23.4. The molecule has 0 aliphatic heterocycles. The third-order valence-electron chi connectivity index (χ3n) is 4.90. The predicted molar refractivity (Wildman–Crippen MR) is 137 cm³/mol. The number of H-pyrrole nitrogens is 1. The standard InChI is InChI=1S/C23H19BrCl2N4O2S/c1-31-20-10-15(12-27-30-22(28-29-23(30)33)14-6-3-2-4-7-14)17(24)11-21(20)32-13-16-18(25)8-5-9-19(16)26/h2-11,27H,12-13H2,1H3,(H,29,33). The Bertz CT molecular complexity index is 1310. The molecule has 2 N–H and O–H groups in total. The van der Waals surface area contributed by atoms with Crippen molar-refractivity contribution in [1.29, 1.82) is 0 Å². The summed E-state index contributed by atoms with van der Waals surface area (Å²) in [6.45, 7) is 0.671. The van der Waals surface area contributed by atoms with Gasteiger partial charge >= 0.3 is 0 Å². The number of nitrogens with one attached hydrogen (secondary N) is 2. The van der Waals surface area contributed by atoms with E-state index in [1.54, 1.807) is 30.0 Å². The quantitative estimate of drug-likeness (QED) is 0.225. The molecule has 0 radical (unpaired) electrons. The number of aromatic amines is 1. The number of ether oxygens (including phenoxy) is 2. The molecule has 3 aromatic carbocycles. The van der Waals surface area contributed by atoms with Gasteiger partial charge in [0, 0.05) is 25.6 Å². The van der Waals surface area contributed by atoms with Gasteiger partial charge in [0.25, 0.3) is 0 Å². The van der Waals surface area contributed by atoms with Gasteiger partial charge in [0.2, 0.25) is 4.77 Å². The summed E-state index contributed by atoms with van der Waals surface area (Å²) in [4.78, 5) is 0. The Kier molecular flexibility index (Phi) is 7.60. The summed E-state index contributed by atoms with van der Waals surface area (Å²) >= 11 is 21.5. The van der Waals surface area contributed by atoms with Crippen molar-refractivity contribution in [2.24, 2.45) is 0 Å². The molecule has 10 heteroatoms. The van der Waals surface area contributed by atoms with Crippen LogP contribution in [0.5, 0.6) is 11.5 Å². The lowest BCUT2D eigenvalue weighted by atomic mass is 10.2. The fourth-order valence-electron chi connectivity index (χ4n) is 3.19. The lowest BCUT2D eigenvalue weighted by Crippen LogP contribution is -2.16. The molecule has 170 valence electrons. The molecular formula is C23H19BrCl2N4O2S. The van der Waals surface area contributed by atoms with Crippen LogP contribution in [0.3, 0.4) is 0 Å².